The molecule has 2 heteroatoms. The van der Waals surface area contributed by atoms with Crippen LogP contribution in [0, 0.1) is 5.92 Å². The van der Waals surface area contributed by atoms with Crippen LogP contribution in [0.2, 0.25) is 0 Å². The molecule has 0 unspecified atom stereocenters. The molecule has 0 radical (unpaired) electrons. The molecule has 16 heavy (non-hydrogen) atoms. The van der Waals surface area contributed by atoms with Crippen molar-refractivity contribution in [1.29, 1.82) is 0 Å². The lowest BCUT2D eigenvalue weighted by molar-refractivity contribution is -0.123. The summed E-state index contributed by atoms with van der Waals surface area (Å²) >= 11 is 0. The summed E-state index contributed by atoms with van der Waals surface area (Å²) in [5.41, 5.74) is 1.30. The molecule has 0 bridgehead atoms. The Morgan fingerprint density at radius 3 is 2.75 bits per heavy atom. The van der Waals surface area contributed by atoms with Crippen LogP contribution in [0.15, 0.2) is 30.3 Å². The van der Waals surface area contributed by atoms with E-state index >= 15 is 0 Å². The van der Waals surface area contributed by atoms with Crippen molar-refractivity contribution < 1.29 is 4.79 Å². The van der Waals surface area contributed by atoms with Crippen LogP contribution in [0.25, 0.3) is 0 Å². The third kappa shape index (κ3) is 2.43. The van der Waals surface area contributed by atoms with E-state index in [0.717, 1.165) is 12.8 Å². The van der Waals surface area contributed by atoms with Gasteiger partial charge in [0.2, 0.25) is 5.91 Å². The Kier molecular flexibility index (Phi) is 3.28. The van der Waals surface area contributed by atoms with E-state index in [-0.39, 0.29) is 11.8 Å². The van der Waals surface area contributed by atoms with Gasteiger partial charge >= 0.3 is 0 Å². The molecule has 1 aliphatic rings. The molecule has 1 saturated carbocycles. The highest BCUT2D eigenvalue weighted by Gasteiger charge is 2.43. The van der Waals surface area contributed by atoms with Gasteiger partial charge in [0.25, 0.3) is 0 Å². The summed E-state index contributed by atoms with van der Waals surface area (Å²) in [6, 6.07) is 10.6. The Hall–Kier alpha value is -1.31. The van der Waals surface area contributed by atoms with E-state index in [1.807, 2.05) is 18.2 Å². The van der Waals surface area contributed by atoms with Gasteiger partial charge in [-0.05, 0) is 31.2 Å². The maximum atomic E-state index is 11.8. The minimum Gasteiger partial charge on any atom is -0.353 e. The molecular weight excluding hydrogens is 198 g/mol. The van der Waals surface area contributed by atoms with E-state index in [1.54, 1.807) is 0 Å². The summed E-state index contributed by atoms with van der Waals surface area (Å²) < 4.78 is 0. The lowest BCUT2D eigenvalue weighted by Crippen LogP contribution is -2.33. The summed E-state index contributed by atoms with van der Waals surface area (Å²) in [5.74, 6) is 0.879. The van der Waals surface area contributed by atoms with Crippen molar-refractivity contribution in [2.45, 2.75) is 38.6 Å². The molecule has 86 valence electrons. The van der Waals surface area contributed by atoms with Crippen molar-refractivity contribution in [1.82, 2.24) is 5.32 Å². The van der Waals surface area contributed by atoms with Gasteiger partial charge in [0.15, 0.2) is 0 Å². The minimum atomic E-state index is 0.205. The fourth-order valence-electron chi connectivity index (χ4n) is 2.01. The number of benzene rings is 1. The van der Waals surface area contributed by atoms with Gasteiger partial charge in [-0.1, -0.05) is 37.3 Å². The van der Waals surface area contributed by atoms with Gasteiger partial charge in [-0.2, -0.15) is 0 Å². The highest BCUT2D eigenvalue weighted by Crippen LogP contribution is 2.47. The smallest absolute Gasteiger partial charge is 0.223 e. The number of hydrogen-bond acceptors (Lipinski definition) is 1. The average Bonchev–Trinajstić information content (AvgIpc) is 3.10. The van der Waals surface area contributed by atoms with E-state index in [0.29, 0.717) is 12.0 Å². The van der Waals surface area contributed by atoms with E-state index in [9.17, 15) is 4.79 Å². The fourth-order valence-corrected chi connectivity index (χ4v) is 2.01. The molecule has 0 heterocycles. The maximum Gasteiger partial charge on any atom is 0.223 e. The number of hydrogen-bond donors (Lipinski definition) is 1. The van der Waals surface area contributed by atoms with Crippen LogP contribution in [0.4, 0.5) is 0 Å². The topological polar surface area (TPSA) is 29.1 Å². The van der Waals surface area contributed by atoms with Gasteiger partial charge in [-0.3, -0.25) is 4.79 Å². The zero-order valence-corrected chi connectivity index (χ0v) is 9.94. The monoisotopic (exact) mass is 217 g/mol. The molecule has 1 amide bonds. The molecule has 2 nitrogen and oxygen atoms in total. The summed E-state index contributed by atoms with van der Waals surface area (Å²) in [7, 11) is 0. The van der Waals surface area contributed by atoms with Crippen LogP contribution >= 0.6 is 0 Å². The predicted molar refractivity (Wildman–Crippen MR) is 65.2 cm³/mol. The highest BCUT2D eigenvalue weighted by molar-refractivity contribution is 5.83. The van der Waals surface area contributed by atoms with Crippen LogP contribution < -0.4 is 5.32 Å². The van der Waals surface area contributed by atoms with Gasteiger partial charge in [0.05, 0.1) is 0 Å². The number of rotatable bonds is 4. The van der Waals surface area contributed by atoms with Crippen LogP contribution in [0.1, 0.15) is 38.2 Å². The molecule has 0 aliphatic heterocycles. The van der Waals surface area contributed by atoms with Crippen molar-refractivity contribution in [3.63, 3.8) is 0 Å². The molecule has 2 rings (SSSR count). The van der Waals surface area contributed by atoms with Gasteiger partial charge in [-0.15, -0.1) is 0 Å². The molecule has 0 saturated heterocycles. The molecule has 0 aromatic heterocycles. The number of nitrogens with one attached hydrogen (secondary N) is 1. The largest absolute Gasteiger partial charge is 0.353 e. The second-order valence-electron chi connectivity index (χ2n) is 4.68. The normalized spacial score (nSPS) is 24.9. The number of carbonyl (C=O) groups excluding carboxylic acids is 1. The number of carbonyl (C=O) groups is 1. The van der Waals surface area contributed by atoms with Crippen LogP contribution in [-0.4, -0.2) is 11.9 Å². The maximum absolute atomic E-state index is 11.8. The second-order valence-corrected chi connectivity index (χ2v) is 4.68. The first kappa shape index (κ1) is 11.2. The third-order valence-electron chi connectivity index (χ3n) is 3.36. The van der Waals surface area contributed by atoms with Gasteiger partial charge in [-0.25, -0.2) is 0 Å². The number of amides is 1. The van der Waals surface area contributed by atoms with Gasteiger partial charge in [0, 0.05) is 12.0 Å². The molecule has 0 spiro atoms. The zero-order valence-electron chi connectivity index (χ0n) is 9.94. The van der Waals surface area contributed by atoms with E-state index in [1.165, 1.54) is 5.56 Å². The first-order valence-corrected chi connectivity index (χ1v) is 6.07. The van der Waals surface area contributed by atoms with E-state index in [2.05, 4.69) is 31.3 Å². The summed E-state index contributed by atoms with van der Waals surface area (Å²) in [5, 5.41) is 3.05. The minimum absolute atomic E-state index is 0.205. The zero-order chi connectivity index (χ0) is 11.5. The Morgan fingerprint density at radius 2 is 2.12 bits per heavy atom. The van der Waals surface area contributed by atoms with E-state index < -0.39 is 0 Å². The first-order chi connectivity index (χ1) is 7.72. The van der Waals surface area contributed by atoms with Crippen molar-refractivity contribution in [2.75, 3.05) is 0 Å². The summed E-state index contributed by atoms with van der Waals surface area (Å²) in [6.07, 6.45) is 2.00. The van der Waals surface area contributed by atoms with Crippen LogP contribution in [0.3, 0.4) is 0 Å². The fraction of sp³-hybridized carbons (Fsp3) is 0.500. The lowest BCUT2D eigenvalue weighted by Gasteiger charge is -2.10. The van der Waals surface area contributed by atoms with Crippen LogP contribution in [-0.2, 0) is 4.79 Å². The predicted octanol–water partition coefficient (Wildman–Crippen LogP) is 2.70. The Bertz CT molecular complexity index is 360. The standard InChI is InChI=1S/C14H19NO/c1-3-10(2)15-14(16)13-9-12(13)11-7-5-4-6-8-11/h4-8,10,12-13H,3,9H2,1-2H3,(H,15,16)/t10-,12+,13+/m0/s1. The van der Waals surface area contributed by atoms with Crippen molar-refractivity contribution >= 4 is 5.91 Å². The third-order valence-corrected chi connectivity index (χ3v) is 3.36. The van der Waals surface area contributed by atoms with Crippen molar-refractivity contribution in [3.8, 4) is 0 Å². The molecule has 1 aliphatic carbocycles. The summed E-state index contributed by atoms with van der Waals surface area (Å²) in [4.78, 5) is 11.8. The Labute approximate surface area is 97.1 Å². The molecule has 1 aromatic rings. The van der Waals surface area contributed by atoms with E-state index in [4.69, 9.17) is 0 Å². The molecule has 3 atom stereocenters. The van der Waals surface area contributed by atoms with Gasteiger partial charge < -0.3 is 5.32 Å². The first-order valence-electron chi connectivity index (χ1n) is 6.07. The SMILES string of the molecule is CC[C@H](C)NC(=O)[C@@H]1C[C@@H]1c1ccccc1. The van der Waals surface area contributed by atoms with Crippen LogP contribution in [0.5, 0.6) is 0 Å². The molecule has 1 N–H and O–H groups in total. The lowest BCUT2D eigenvalue weighted by atomic mass is 10.1. The average molecular weight is 217 g/mol. The Morgan fingerprint density at radius 1 is 1.44 bits per heavy atom. The summed E-state index contributed by atoms with van der Waals surface area (Å²) in [6.45, 7) is 4.14. The van der Waals surface area contributed by atoms with Crippen molar-refractivity contribution in [3.05, 3.63) is 35.9 Å². The highest BCUT2D eigenvalue weighted by atomic mass is 16.2. The molecule has 1 aromatic carbocycles. The molecular formula is C14H19NO. The molecule has 1 fully saturated rings. The van der Waals surface area contributed by atoms with Crippen molar-refractivity contribution in [2.24, 2.45) is 5.92 Å². The van der Waals surface area contributed by atoms with Gasteiger partial charge in [0.1, 0.15) is 0 Å². The Balaban J connectivity index is 1.89. The quantitative estimate of drug-likeness (QED) is 0.825. The second kappa shape index (κ2) is 4.69.